The minimum Gasteiger partial charge on any atom is -0.497 e. The van der Waals surface area contributed by atoms with Gasteiger partial charge in [0.15, 0.2) is 6.61 Å². The van der Waals surface area contributed by atoms with E-state index in [1.165, 1.54) is 10.5 Å². The fourth-order valence-electron chi connectivity index (χ4n) is 2.92. The Balaban J connectivity index is 2.13. The molecular formula is C23H30N2O4. The molecule has 29 heavy (non-hydrogen) atoms. The summed E-state index contributed by atoms with van der Waals surface area (Å²) < 4.78 is 10.9. The molecule has 0 spiro atoms. The van der Waals surface area contributed by atoms with Crippen molar-refractivity contribution < 1.29 is 19.1 Å². The highest BCUT2D eigenvalue weighted by Gasteiger charge is 2.26. The largest absolute Gasteiger partial charge is 0.497 e. The molecule has 2 rings (SSSR count). The molecule has 0 bridgehead atoms. The third kappa shape index (κ3) is 6.52. The fourth-order valence-corrected chi connectivity index (χ4v) is 2.92. The molecule has 156 valence electrons. The van der Waals surface area contributed by atoms with Crippen LogP contribution in [0.4, 0.5) is 0 Å². The number of likely N-dealkylation sites (N-methyl/N-ethyl adjacent to an activating group) is 1. The molecule has 2 aromatic rings. The van der Waals surface area contributed by atoms with Crippen molar-refractivity contribution in [2.45, 2.75) is 39.8 Å². The van der Waals surface area contributed by atoms with Crippen molar-refractivity contribution in [1.82, 2.24) is 10.2 Å². The quantitative estimate of drug-likeness (QED) is 0.667. The highest BCUT2D eigenvalue weighted by molar-refractivity contribution is 5.87. The number of methoxy groups -OCH3 is 1. The van der Waals surface area contributed by atoms with Gasteiger partial charge in [-0.1, -0.05) is 31.2 Å². The van der Waals surface area contributed by atoms with E-state index in [2.05, 4.69) is 12.2 Å². The normalized spacial score (nSPS) is 11.4. The molecular weight excluding hydrogens is 368 g/mol. The lowest BCUT2D eigenvalue weighted by molar-refractivity contribution is -0.142. The van der Waals surface area contributed by atoms with E-state index in [4.69, 9.17) is 9.47 Å². The Kier molecular flexibility index (Phi) is 8.52. The Morgan fingerprint density at radius 3 is 2.38 bits per heavy atom. The summed E-state index contributed by atoms with van der Waals surface area (Å²) in [6.45, 7) is 6.30. The highest BCUT2D eigenvalue weighted by Crippen LogP contribution is 2.17. The molecule has 0 unspecified atom stereocenters. The summed E-state index contributed by atoms with van der Waals surface area (Å²) in [5, 5.41) is 2.78. The summed E-state index contributed by atoms with van der Waals surface area (Å²) in [5.74, 6) is 0.873. The summed E-state index contributed by atoms with van der Waals surface area (Å²) in [7, 11) is 1.59. The molecule has 0 saturated heterocycles. The maximum absolute atomic E-state index is 12.9. The zero-order valence-corrected chi connectivity index (χ0v) is 17.6. The van der Waals surface area contributed by atoms with Gasteiger partial charge in [0.05, 0.1) is 7.11 Å². The van der Waals surface area contributed by atoms with Gasteiger partial charge in [-0.05, 0) is 55.7 Å². The predicted molar refractivity (Wildman–Crippen MR) is 113 cm³/mol. The number of carbonyl (C=O) groups excluding carboxylic acids is 2. The Labute approximate surface area is 172 Å². The predicted octanol–water partition coefficient (Wildman–Crippen LogP) is 3.19. The maximum Gasteiger partial charge on any atom is 0.261 e. The number of nitrogens with zero attached hydrogens (tertiary/aromatic N) is 1. The monoisotopic (exact) mass is 398 g/mol. The molecule has 0 aromatic heterocycles. The zero-order valence-electron chi connectivity index (χ0n) is 17.6. The number of benzene rings is 2. The van der Waals surface area contributed by atoms with E-state index in [0.717, 1.165) is 12.0 Å². The van der Waals surface area contributed by atoms with Crippen molar-refractivity contribution >= 4 is 11.8 Å². The minimum absolute atomic E-state index is 0.140. The number of hydrogen-bond acceptors (Lipinski definition) is 4. The molecule has 1 N–H and O–H groups in total. The molecule has 0 fully saturated rings. The lowest BCUT2D eigenvalue weighted by atomic mass is 10.1. The van der Waals surface area contributed by atoms with Gasteiger partial charge in [0.25, 0.3) is 5.91 Å². The number of rotatable bonds is 10. The lowest BCUT2D eigenvalue weighted by Gasteiger charge is -2.28. The van der Waals surface area contributed by atoms with Gasteiger partial charge < -0.3 is 19.7 Å². The Hall–Kier alpha value is -3.02. The summed E-state index contributed by atoms with van der Waals surface area (Å²) in [6.07, 6.45) is 0.942. The van der Waals surface area contributed by atoms with Gasteiger partial charge in [0, 0.05) is 13.1 Å². The van der Waals surface area contributed by atoms with Crippen LogP contribution in [-0.2, 0) is 22.6 Å². The van der Waals surface area contributed by atoms with Crippen LogP contribution in [0.2, 0.25) is 0 Å². The van der Waals surface area contributed by atoms with E-state index in [0.29, 0.717) is 18.0 Å². The third-order valence-corrected chi connectivity index (χ3v) is 4.70. The standard InChI is InChI=1S/C23H30N2O4/c1-5-18-10-12-20(13-11-18)29-16-22(26)25(17(3)23(27)24-6-2)15-19-8-7-9-21(14-19)28-4/h7-14,17H,5-6,15-16H2,1-4H3,(H,24,27)/t17-/m1/s1. The summed E-state index contributed by atoms with van der Waals surface area (Å²) in [5.41, 5.74) is 2.08. The number of ether oxygens (including phenoxy) is 2. The molecule has 0 heterocycles. The van der Waals surface area contributed by atoms with Crippen LogP contribution in [0.25, 0.3) is 0 Å². The van der Waals surface area contributed by atoms with E-state index in [9.17, 15) is 9.59 Å². The number of carbonyl (C=O) groups is 2. The molecule has 0 saturated carbocycles. The smallest absolute Gasteiger partial charge is 0.261 e. The van der Waals surface area contributed by atoms with Crippen LogP contribution in [0.3, 0.4) is 0 Å². The highest BCUT2D eigenvalue weighted by atomic mass is 16.5. The molecule has 0 aliphatic rings. The first kappa shape index (κ1) is 22.3. The SMILES string of the molecule is CCNC(=O)[C@@H](C)N(Cc1cccc(OC)c1)C(=O)COc1ccc(CC)cc1. The molecule has 2 amide bonds. The number of nitrogens with one attached hydrogen (secondary N) is 1. The molecule has 1 atom stereocenters. The maximum atomic E-state index is 12.9. The average Bonchev–Trinajstić information content (AvgIpc) is 2.76. The van der Waals surface area contributed by atoms with Crippen LogP contribution < -0.4 is 14.8 Å². The Bertz CT molecular complexity index is 805. The van der Waals surface area contributed by atoms with Gasteiger partial charge in [-0.3, -0.25) is 9.59 Å². The summed E-state index contributed by atoms with van der Waals surface area (Å²) >= 11 is 0. The van der Waals surface area contributed by atoms with Crippen LogP contribution in [0.15, 0.2) is 48.5 Å². The van der Waals surface area contributed by atoms with E-state index in [1.807, 2.05) is 55.5 Å². The zero-order chi connectivity index (χ0) is 21.2. The van der Waals surface area contributed by atoms with Crippen LogP contribution in [-0.4, -0.2) is 43.0 Å². The third-order valence-electron chi connectivity index (χ3n) is 4.70. The van der Waals surface area contributed by atoms with Crippen LogP contribution in [0.1, 0.15) is 31.9 Å². The van der Waals surface area contributed by atoms with Gasteiger partial charge in [0.1, 0.15) is 17.5 Å². The fraction of sp³-hybridized carbons (Fsp3) is 0.391. The topological polar surface area (TPSA) is 67.9 Å². The molecule has 6 nitrogen and oxygen atoms in total. The Morgan fingerprint density at radius 1 is 1.03 bits per heavy atom. The molecule has 0 radical (unpaired) electrons. The van der Waals surface area contributed by atoms with Crippen LogP contribution in [0.5, 0.6) is 11.5 Å². The van der Waals surface area contributed by atoms with Gasteiger partial charge in [0.2, 0.25) is 5.91 Å². The Morgan fingerprint density at radius 2 is 1.76 bits per heavy atom. The van der Waals surface area contributed by atoms with Gasteiger partial charge >= 0.3 is 0 Å². The van der Waals surface area contributed by atoms with Crippen molar-refractivity contribution in [1.29, 1.82) is 0 Å². The van der Waals surface area contributed by atoms with Crippen molar-refractivity contribution in [2.75, 3.05) is 20.3 Å². The molecule has 2 aromatic carbocycles. The minimum atomic E-state index is -0.625. The summed E-state index contributed by atoms with van der Waals surface area (Å²) in [4.78, 5) is 26.8. The number of amides is 2. The van der Waals surface area contributed by atoms with Gasteiger partial charge in [-0.25, -0.2) is 0 Å². The van der Waals surface area contributed by atoms with E-state index >= 15 is 0 Å². The first-order valence-electron chi connectivity index (χ1n) is 9.90. The second-order valence-electron chi connectivity index (χ2n) is 6.73. The van der Waals surface area contributed by atoms with E-state index in [1.54, 1.807) is 14.0 Å². The van der Waals surface area contributed by atoms with Gasteiger partial charge in [-0.15, -0.1) is 0 Å². The number of hydrogen-bond donors (Lipinski definition) is 1. The number of aryl methyl sites for hydroxylation is 1. The average molecular weight is 399 g/mol. The second kappa shape index (κ2) is 11.1. The first-order chi connectivity index (χ1) is 14.0. The van der Waals surface area contributed by atoms with Crippen molar-refractivity contribution in [3.63, 3.8) is 0 Å². The molecule has 0 aliphatic carbocycles. The molecule has 6 heteroatoms. The van der Waals surface area contributed by atoms with Crippen LogP contribution >= 0.6 is 0 Å². The molecule has 0 aliphatic heterocycles. The van der Waals surface area contributed by atoms with E-state index in [-0.39, 0.29) is 25.0 Å². The summed E-state index contributed by atoms with van der Waals surface area (Å²) in [6, 6.07) is 14.5. The van der Waals surface area contributed by atoms with E-state index < -0.39 is 6.04 Å². The van der Waals surface area contributed by atoms with Crippen molar-refractivity contribution in [3.8, 4) is 11.5 Å². The van der Waals surface area contributed by atoms with Gasteiger partial charge in [-0.2, -0.15) is 0 Å². The van der Waals surface area contributed by atoms with Crippen molar-refractivity contribution in [3.05, 3.63) is 59.7 Å². The second-order valence-corrected chi connectivity index (χ2v) is 6.73. The first-order valence-corrected chi connectivity index (χ1v) is 9.90. The van der Waals surface area contributed by atoms with Crippen molar-refractivity contribution in [2.24, 2.45) is 0 Å². The van der Waals surface area contributed by atoms with Crippen LogP contribution in [0, 0.1) is 0 Å². The lowest BCUT2D eigenvalue weighted by Crippen LogP contribution is -2.49.